The first-order valence-corrected chi connectivity index (χ1v) is 28.8. The highest BCUT2D eigenvalue weighted by molar-refractivity contribution is 7.63. The van der Waals surface area contributed by atoms with E-state index in [0.717, 1.165) is 11.8 Å². The minimum atomic E-state index is -2.85. The molecule has 0 saturated carbocycles. The van der Waals surface area contributed by atoms with Gasteiger partial charge in [0.05, 0.1) is 72.0 Å². The summed E-state index contributed by atoms with van der Waals surface area (Å²) in [4.78, 5) is 78.8. The van der Waals surface area contributed by atoms with Gasteiger partial charge in [-0.3, -0.25) is 49.9 Å². The van der Waals surface area contributed by atoms with Crippen LogP contribution >= 0.6 is 14.5 Å². The van der Waals surface area contributed by atoms with Crippen LogP contribution in [-0.2, 0) is 42.2 Å². The highest BCUT2D eigenvalue weighted by Gasteiger charge is 2.21. The van der Waals surface area contributed by atoms with Crippen LogP contribution in [0.5, 0.6) is 0 Å². The number of aromatic amines is 2. The number of benzene rings is 3. The Morgan fingerprint density at radius 1 is 0.603 bits per heavy atom. The number of nitrogen functional groups attached to an aromatic ring is 1. The zero-order chi connectivity index (χ0) is 59.3. The van der Waals surface area contributed by atoms with Gasteiger partial charge in [-0.05, 0) is 125 Å². The number of carbonyl (C=O) groups excluding carboxylic acids is 6. The highest BCUT2D eigenvalue weighted by Crippen LogP contribution is 2.41. The van der Waals surface area contributed by atoms with Gasteiger partial charge in [-0.2, -0.15) is 10.2 Å². The van der Waals surface area contributed by atoms with Gasteiger partial charge in [-0.1, -0.05) is 36.4 Å². The van der Waals surface area contributed by atoms with Crippen molar-refractivity contribution < 1.29 is 66.5 Å². The Labute approximate surface area is 454 Å². The van der Waals surface area contributed by atoms with Crippen LogP contribution < -0.4 is 32.3 Å². The molecule has 1 unspecified atom stereocenters. The number of carbonyl (C=O) groups is 7. The molecular weight excluding hydrogens is 1050 g/mol. The third-order valence-electron chi connectivity index (χ3n) is 8.20. The topological polar surface area (TPSA) is 354 Å². The number of aldehydes is 1. The van der Waals surface area contributed by atoms with E-state index >= 15 is 0 Å². The molecule has 5 amide bonds. The molecule has 0 radical (unpaired) electrons. The molecule has 5 aromatic rings. The summed E-state index contributed by atoms with van der Waals surface area (Å²) < 4.78 is 42.9. The number of hydrogen-bond acceptors (Lipinski definition) is 16. The molecule has 0 fully saturated rings. The maximum absolute atomic E-state index is 12.0. The normalized spacial score (nSPS) is 11.7. The summed E-state index contributed by atoms with van der Waals surface area (Å²) in [7, 11) is -5.30. The third-order valence-corrected chi connectivity index (χ3v) is 10.9. The number of para-hydroxylation sites is 6. The van der Waals surface area contributed by atoms with E-state index in [-0.39, 0.29) is 24.1 Å². The van der Waals surface area contributed by atoms with Crippen molar-refractivity contribution in [3.05, 3.63) is 115 Å². The summed E-state index contributed by atoms with van der Waals surface area (Å²) >= 11 is 0. The molecule has 2 aromatic heterocycles. The number of hydrogen-bond donors (Lipinski definition) is 9. The Kier molecular flexibility index (Phi) is 28.3. The molecular formula is C52H74N10O14P2. The third kappa shape index (κ3) is 33.8. The van der Waals surface area contributed by atoms with Crippen LogP contribution in [0.1, 0.15) is 85.2 Å². The van der Waals surface area contributed by atoms with E-state index in [2.05, 4.69) is 47.0 Å². The highest BCUT2D eigenvalue weighted by atomic mass is 31.2. The number of nitrogens with zero attached hydrogens (tertiary/aromatic N) is 2. The zero-order valence-corrected chi connectivity index (χ0v) is 48.0. The molecule has 0 saturated heterocycles. The number of anilines is 6. The fourth-order valence-electron chi connectivity index (χ4n) is 5.38. The van der Waals surface area contributed by atoms with E-state index in [1.54, 1.807) is 174 Å². The average Bonchev–Trinajstić information content (AvgIpc) is 4.02. The molecule has 26 heteroatoms. The second-order valence-corrected chi connectivity index (χ2v) is 25.9. The van der Waals surface area contributed by atoms with E-state index in [0.29, 0.717) is 46.3 Å². The summed E-state index contributed by atoms with van der Waals surface area (Å²) in [6.45, 7) is 22.4. The van der Waals surface area contributed by atoms with E-state index in [9.17, 15) is 42.7 Å². The van der Waals surface area contributed by atoms with Gasteiger partial charge in [0.25, 0.3) is 0 Å². The number of aliphatic carboxylic acids is 1. The summed E-state index contributed by atoms with van der Waals surface area (Å²) in [5.74, 6) is -1.76. The molecule has 78 heavy (non-hydrogen) atoms. The molecule has 426 valence electrons. The Hall–Kier alpha value is -8.07. The van der Waals surface area contributed by atoms with Gasteiger partial charge in [0.15, 0.2) is 6.29 Å². The van der Waals surface area contributed by atoms with Crippen LogP contribution in [0.15, 0.2) is 104 Å². The van der Waals surface area contributed by atoms with Crippen LogP contribution in [0.2, 0.25) is 0 Å². The molecule has 1 atom stereocenters. The lowest BCUT2D eigenvalue weighted by molar-refractivity contribution is -0.134. The number of amides is 5. The first kappa shape index (κ1) is 67.9. The lowest BCUT2D eigenvalue weighted by Crippen LogP contribution is -2.27. The van der Waals surface area contributed by atoms with Gasteiger partial charge in [0.1, 0.15) is 23.0 Å². The first-order chi connectivity index (χ1) is 36.1. The molecule has 10 N–H and O–H groups in total. The Balaban J connectivity index is 0.000000517. The van der Waals surface area contributed by atoms with Gasteiger partial charge in [-0.25, -0.2) is 14.4 Å². The van der Waals surface area contributed by atoms with Crippen LogP contribution in [0.25, 0.3) is 6.08 Å². The number of H-pyrrole nitrogens is 2. The van der Waals surface area contributed by atoms with Crippen molar-refractivity contribution in [1.82, 2.24) is 20.4 Å². The van der Waals surface area contributed by atoms with Gasteiger partial charge < -0.3 is 44.8 Å². The molecule has 2 heterocycles. The largest absolute Gasteiger partial charge is 0.481 e. The Morgan fingerprint density at radius 3 is 1.33 bits per heavy atom. The molecule has 5 rings (SSSR count). The number of nitrogens with one attached hydrogen (secondary N) is 7. The van der Waals surface area contributed by atoms with Crippen LogP contribution in [-0.4, -0.2) is 124 Å². The predicted octanol–water partition coefficient (Wildman–Crippen LogP) is 10.9. The van der Waals surface area contributed by atoms with Gasteiger partial charge in [0.2, 0.25) is 19.2 Å². The van der Waals surface area contributed by atoms with Gasteiger partial charge in [0, 0.05) is 30.7 Å². The summed E-state index contributed by atoms with van der Waals surface area (Å²) in [5.41, 5.74) is 8.18. The van der Waals surface area contributed by atoms with Gasteiger partial charge in [-0.15, -0.1) is 0 Å². The lowest BCUT2D eigenvalue weighted by Gasteiger charge is -2.20. The minimum Gasteiger partial charge on any atom is -0.481 e. The van der Waals surface area contributed by atoms with E-state index in [1.807, 2.05) is 0 Å². The minimum absolute atomic E-state index is 0.0478. The molecule has 3 aromatic carbocycles. The van der Waals surface area contributed by atoms with Crippen molar-refractivity contribution in [1.29, 1.82) is 0 Å². The average molecular weight is 1130 g/mol. The maximum atomic E-state index is 12.0. The van der Waals surface area contributed by atoms with Crippen LogP contribution in [0.3, 0.4) is 0 Å². The molecule has 0 aliphatic carbocycles. The SMILES string of the molecule is CC(C)(C)OC(=O)Nc1ccccc1N.CC(C)(C)OC(=O)Nc1ccccc1NC(=O)/C=C/c1cn[nH]c1.CC(C)(C)OC(=O)Nc1ccccc1NC(=O)CP(C)(C)=O.CCOP(C)(=O)CC(=O)O.O=Cc1cn[nH]c1. The molecule has 0 bridgehead atoms. The second-order valence-electron chi connectivity index (χ2n) is 19.8. The molecule has 0 spiro atoms. The monoisotopic (exact) mass is 1120 g/mol. The number of nitrogens with two attached hydrogens (primary N) is 1. The Bertz CT molecular complexity index is 2830. The van der Waals surface area contributed by atoms with E-state index in [1.165, 1.54) is 25.1 Å². The van der Waals surface area contributed by atoms with Crippen molar-refractivity contribution in [3.63, 3.8) is 0 Å². The number of carboxylic acids is 1. The maximum Gasteiger partial charge on any atom is 0.412 e. The number of ether oxygens (including phenoxy) is 3. The number of rotatable bonds is 14. The van der Waals surface area contributed by atoms with Crippen molar-refractivity contribution in [3.8, 4) is 0 Å². The summed E-state index contributed by atoms with van der Waals surface area (Å²) in [6.07, 6.45) is 7.89. The van der Waals surface area contributed by atoms with E-state index < -0.39 is 55.6 Å². The van der Waals surface area contributed by atoms with Gasteiger partial charge >= 0.3 is 24.2 Å². The zero-order valence-electron chi connectivity index (χ0n) is 46.2. The lowest BCUT2D eigenvalue weighted by atomic mass is 10.2. The second kappa shape index (κ2) is 32.5. The van der Waals surface area contributed by atoms with Crippen molar-refractivity contribution >= 4 is 97.1 Å². The molecule has 0 aliphatic heterocycles. The van der Waals surface area contributed by atoms with Crippen LogP contribution in [0.4, 0.5) is 48.5 Å². The Morgan fingerprint density at radius 2 is 0.987 bits per heavy atom. The summed E-state index contributed by atoms with van der Waals surface area (Å²) in [6, 6.07) is 20.7. The number of aromatic nitrogens is 4. The smallest absolute Gasteiger partial charge is 0.412 e. The standard InChI is InChI=1S/C17H20N4O3.C15H23N2O4P.C11H16N2O2.C5H11O4P.C4H4N2O/c1-17(2,3)24-16(23)21-14-7-5-4-6-13(14)20-15(22)9-8-12-10-18-19-11-12;1-15(2,3)21-14(19)17-12-9-7-6-8-11(12)16-13(18)10-22(4,5)20;1-11(2,3)15-10(14)13-9-7-5-4-6-8(9)12;1-3-9-10(2,8)4-5(6)7;7-3-4-1-5-6-2-4/h4-11H,1-3H3,(H,18,19)(H,20,22)(H,21,23);6-9H,10H2,1-5H3,(H,16,18)(H,17,19);4-7H,12H2,1-3H3,(H,13,14);3-4H2,1-2H3,(H,6,7);1-3H,(H,5,6)/b9-8+;;;;. The summed E-state index contributed by atoms with van der Waals surface area (Å²) in [5, 5.41) is 33.9. The quantitative estimate of drug-likeness (QED) is 0.0164. The van der Waals surface area contributed by atoms with Crippen LogP contribution in [0, 0.1) is 0 Å². The van der Waals surface area contributed by atoms with Crippen molar-refractivity contribution in [2.24, 2.45) is 0 Å². The first-order valence-electron chi connectivity index (χ1n) is 23.8. The fraction of sp³-hybridized carbons (Fsp3) is 0.365. The number of carboxylic acid groups (broad SMARTS) is 1. The molecule has 24 nitrogen and oxygen atoms in total. The molecule has 0 aliphatic rings. The fourth-order valence-corrected chi connectivity index (χ4v) is 7.28. The predicted molar refractivity (Wildman–Crippen MR) is 304 cm³/mol. The van der Waals surface area contributed by atoms with Crippen molar-refractivity contribution in [2.45, 2.75) is 86.0 Å². The van der Waals surface area contributed by atoms with E-state index in [4.69, 9.17) is 29.6 Å². The van der Waals surface area contributed by atoms with Crippen molar-refractivity contribution in [2.75, 3.05) is 71.2 Å².